The Morgan fingerprint density at radius 2 is 1.67 bits per heavy atom. The molecule has 1 aliphatic rings. The molecule has 1 heterocycles. The minimum atomic E-state index is 1.14. The van der Waals surface area contributed by atoms with Crippen LogP contribution in [0.25, 0.3) is 0 Å². The SMILES string of the molecule is CC.CN1CC=CCC1.CNC. The van der Waals surface area contributed by atoms with Crippen LogP contribution < -0.4 is 5.32 Å². The van der Waals surface area contributed by atoms with Crippen molar-refractivity contribution in [3.63, 3.8) is 0 Å². The Balaban J connectivity index is 0. The first-order valence-corrected chi connectivity index (χ1v) is 4.73. The first kappa shape index (κ1) is 14.2. The van der Waals surface area contributed by atoms with Gasteiger partial charge >= 0.3 is 0 Å². The van der Waals surface area contributed by atoms with Crippen LogP contribution in [0.4, 0.5) is 0 Å². The molecule has 0 amide bonds. The lowest BCUT2D eigenvalue weighted by atomic mass is 10.3. The summed E-state index contributed by atoms with van der Waals surface area (Å²) in [5.41, 5.74) is 0. The lowest BCUT2D eigenvalue weighted by Crippen LogP contribution is -2.21. The Labute approximate surface area is 77.6 Å². The predicted molar refractivity (Wildman–Crippen MR) is 57.6 cm³/mol. The molecule has 0 unspecified atom stereocenters. The first-order valence-electron chi connectivity index (χ1n) is 4.73. The number of likely N-dealkylation sites (N-methyl/N-ethyl adjacent to an activating group) is 1. The highest BCUT2D eigenvalue weighted by molar-refractivity contribution is 4.89. The van der Waals surface area contributed by atoms with Crippen LogP contribution in [0, 0.1) is 0 Å². The van der Waals surface area contributed by atoms with Crippen LogP contribution in [0.1, 0.15) is 20.3 Å². The first-order chi connectivity index (χ1) is 5.81. The monoisotopic (exact) mass is 172 g/mol. The molecular weight excluding hydrogens is 148 g/mol. The third-order valence-electron chi connectivity index (χ3n) is 1.26. The summed E-state index contributed by atoms with van der Waals surface area (Å²) in [7, 11) is 5.89. The highest BCUT2D eigenvalue weighted by atomic mass is 15.1. The minimum absolute atomic E-state index is 1.14. The van der Waals surface area contributed by atoms with Gasteiger partial charge in [-0.3, -0.25) is 0 Å². The van der Waals surface area contributed by atoms with E-state index in [1.807, 2.05) is 27.9 Å². The highest BCUT2D eigenvalue weighted by Crippen LogP contribution is 1.95. The maximum Gasteiger partial charge on any atom is 0.0160 e. The molecule has 1 aliphatic heterocycles. The lowest BCUT2D eigenvalue weighted by Gasteiger charge is -2.15. The largest absolute Gasteiger partial charge is 0.323 e. The molecule has 0 spiro atoms. The molecule has 0 atom stereocenters. The van der Waals surface area contributed by atoms with Crippen molar-refractivity contribution in [3.8, 4) is 0 Å². The molecule has 0 aliphatic carbocycles. The number of rotatable bonds is 0. The lowest BCUT2D eigenvalue weighted by molar-refractivity contribution is 0.366. The van der Waals surface area contributed by atoms with Crippen LogP contribution >= 0.6 is 0 Å². The Hall–Kier alpha value is -0.340. The average molecular weight is 172 g/mol. The van der Waals surface area contributed by atoms with E-state index < -0.39 is 0 Å². The zero-order chi connectivity index (χ0) is 9.82. The second-order valence-electron chi connectivity index (χ2n) is 2.52. The summed E-state index contributed by atoms with van der Waals surface area (Å²) in [6.45, 7) is 6.37. The fourth-order valence-electron chi connectivity index (χ4n) is 0.759. The summed E-state index contributed by atoms with van der Waals surface area (Å²) in [5.74, 6) is 0. The van der Waals surface area contributed by atoms with Crippen LogP contribution in [-0.4, -0.2) is 39.1 Å². The van der Waals surface area contributed by atoms with E-state index >= 15 is 0 Å². The maximum absolute atomic E-state index is 2.75. The van der Waals surface area contributed by atoms with Crippen molar-refractivity contribution in [2.75, 3.05) is 34.2 Å². The van der Waals surface area contributed by atoms with Gasteiger partial charge in [0.05, 0.1) is 0 Å². The van der Waals surface area contributed by atoms with Gasteiger partial charge in [0.15, 0.2) is 0 Å². The van der Waals surface area contributed by atoms with E-state index in [1.54, 1.807) is 0 Å². The van der Waals surface area contributed by atoms with Crippen LogP contribution in [0.5, 0.6) is 0 Å². The standard InChI is InChI=1S/C6H11N.C2H7N.C2H6/c1-7-5-3-2-4-6-7;1-3-2;1-2/h2-3H,4-6H2,1H3;3H,1-2H3;1-2H3. The fraction of sp³-hybridized carbons (Fsp3) is 0.800. The van der Waals surface area contributed by atoms with E-state index in [4.69, 9.17) is 0 Å². The second kappa shape index (κ2) is 13.3. The van der Waals surface area contributed by atoms with E-state index in [0.717, 1.165) is 6.54 Å². The van der Waals surface area contributed by atoms with Crippen molar-refractivity contribution in [2.45, 2.75) is 20.3 Å². The molecular formula is C10H24N2. The molecule has 12 heavy (non-hydrogen) atoms. The zero-order valence-electron chi connectivity index (χ0n) is 9.22. The molecule has 0 aromatic rings. The number of hydrogen-bond donors (Lipinski definition) is 1. The predicted octanol–water partition coefficient (Wildman–Crippen LogP) is 1.74. The van der Waals surface area contributed by atoms with Gasteiger partial charge in [0.1, 0.15) is 0 Å². The van der Waals surface area contributed by atoms with E-state index in [-0.39, 0.29) is 0 Å². The third kappa shape index (κ3) is 12.3. The van der Waals surface area contributed by atoms with Crippen LogP contribution in [-0.2, 0) is 0 Å². The van der Waals surface area contributed by atoms with Gasteiger partial charge in [0.25, 0.3) is 0 Å². The number of nitrogens with zero attached hydrogens (tertiary/aromatic N) is 1. The van der Waals surface area contributed by atoms with Gasteiger partial charge < -0.3 is 10.2 Å². The Morgan fingerprint density at radius 1 is 1.17 bits per heavy atom. The average Bonchev–Trinajstić information content (AvgIpc) is 2.11. The van der Waals surface area contributed by atoms with E-state index in [2.05, 4.69) is 29.4 Å². The molecule has 0 saturated carbocycles. The molecule has 1 N–H and O–H groups in total. The molecule has 0 radical (unpaired) electrons. The van der Waals surface area contributed by atoms with E-state index in [1.165, 1.54) is 13.0 Å². The summed E-state index contributed by atoms with van der Waals surface area (Å²) in [4.78, 5) is 2.31. The van der Waals surface area contributed by atoms with Crippen LogP contribution in [0.15, 0.2) is 12.2 Å². The summed E-state index contributed by atoms with van der Waals surface area (Å²) in [6, 6.07) is 0. The highest BCUT2D eigenvalue weighted by Gasteiger charge is 1.95. The molecule has 0 saturated heterocycles. The van der Waals surface area contributed by atoms with Gasteiger partial charge in [-0.05, 0) is 27.6 Å². The molecule has 0 bridgehead atoms. The van der Waals surface area contributed by atoms with Crippen molar-refractivity contribution >= 4 is 0 Å². The van der Waals surface area contributed by atoms with Gasteiger partial charge in [-0.15, -0.1) is 0 Å². The number of hydrogen-bond acceptors (Lipinski definition) is 2. The van der Waals surface area contributed by atoms with Gasteiger partial charge in [0, 0.05) is 13.1 Å². The topological polar surface area (TPSA) is 15.3 Å². The van der Waals surface area contributed by atoms with Gasteiger partial charge in [-0.2, -0.15) is 0 Å². The second-order valence-corrected chi connectivity index (χ2v) is 2.52. The summed E-state index contributed by atoms with van der Waals surface area (Å²) >= 11 is 0. The summed E-state index contributed by atoms with van der Waals surface area (Å²) < 4.78 is 0. The molecule has 2 heteroatoms. The van der Waals surface area contributed by atoms with E-state index in [9.17, 15) is 0 Å². The van der Waals surface area contributed by atoms with Gasteiger partial charge in [0.2, 0.25) is 0 Å². The Kier molecular flexibility index (Phi) is 15.7. The molecule has 0 aromatic heterocycles. The quantitative estimate of drug-likeness (QED) is 0.560. The smallest absolute Gasteiger partial charge is 0.0160 e. The fourth-order valence-corrected chi connectivity index (χ4v) is 0.759. The Morgan fingerprint density at radius 3 is 1.83 bits per heavy atom. The van der Waals surface area contributed by atoms with Crippen molar-refractivity contribution in [1.82, 2.24) is 10.2 Å². The molecule has 0 aromatic carbocycles. The van der Waals surface area contributed by atoms with Crippen LogP contribution in [0.3, 0.4) is 0 Å². The van der Waals surface area contributed by atoms with Crippen molar-refractivity contribution in [3.05, 3.63) is 12.2 Å². The van der Waals surface area contributed by atoms with Gasteiger partial charge in [-0.25, -0.2) is 0 Å². The molecule has 2 nitrogen and oxygen atoms in total. The normalized spacial score (nSPS) is 15.4. The third-order valence-corrected chi connectivity index (χ3v) is 1.26. The zero-order valence-corrected chi connectivity index (χ0v) is 9.22. The molecule has 0 fully saturated rings. The van der Waals surface area contributed by atoms with Gasteiger partial charge in [-0.1, -0.05) is 26.0 Å². The van der Waals surface area contributed by atoms with Crippen molar-refractivity contribution < 1.29 is 0 Å². The molecule has 1 rings (SSSR count). The van der Waals surface area contributed by atoms with Crippen molar-refractivity contribution in [2.24, 2.45) is 0 Å². The minimum Gasteiger partial charge on any atom is -0.323 e. The summed E-state index contributed by atoms with van der Waals surface area (Å²) in [6.07, 6.45) is 5.68. The Bertz CT molecular complexity index is 89.8. The maximum atomic E-state index is 2.75. The summed E-state index contributed by atoms with van der Waals surface area (Å²) in [5, 5.41) is 2.75. The van der Waals surface area contributed by atoms with Crippen LogP contribution in [0.2, 0.25) is 0 Å². The molecule has 74 valence electrons. The van der Waals surface area contributed by atoms with E-state index in [0.29, 0.717) is 0 Å². The van der Waals surface area contributed by atoms with Crippen molar-refractivity contribution in [1.29, 1.82) is 0 Å². The number of nitrogens with one attached hydrogen (secondary N) is 1.